The molecule has 0 saturated heterocycles. The molecule has 19 heavy (non-hydrogen) atoms. The van der Waals surface area contributed by atoms with E-state index >= 15 is 0 Å². The molecule has 6 heteroatoms. The minimum atomic E-state index is -0.140. The molecule has 2 rings (SSSR count). The summed E-state index contributed by atoms with van der Waals surface area (Å²) in [4.78, 5) is 23.2. The van der Waals surface area contributed by atoms with Crippen molar-refractivity contribution in [3.63, 3.8) is 0 Å². The van der Waals surface area contributed by atoms with E-state index in [0.717, 1.165) is 18.5 Å². The molecule has 1 heterocycles. The number of H-pyrrole nitrogens is 1. The van der Waals surface area contributed by atoms with Gasteiger partial charge < -0.3 is 10.6 Å². The van der Waals surface area contributed by atoms with E-state index in [1.54, 1.807) is 0 Å². The first kappa shape index (κ1) is 13.6. The van der Waals surface area contributed by atoms with Gasteiger partial charge in [-0.3, -0.25) is 14.7 Å². The maximum absolute atomic E-state index is 11.6. The van der Waals surface area contributed by atoms with Crippen molar-refractivity contribution in [2.45, 2.75) is 33.1 Å². The zero-order valence-electron chi connectivity index (χ0n) is 11.3. The smallest absolute Gasteiger partial charge is 0.227 e. The first-order valence-corrected chi connectivity index (χ1v) is 6.72. The van der Waals surface area contributed by atoms with Crippen molar-refractivity contribution < 1.29 is 9.59 Å². The number of hydrogen-bond acceptors (Lipinski definition) is 3. The van der Waals surface area contributed by atoms with Crippen LogP contribution in [0, 0.1) is 11.8 Å². The van der Waals surface area contributed by atoms with Crippen LogP contribution in [0.5, 0.6) is 0 Å². The van der Waals surface area contributed by atoms with E-state index in [4.69, 9.17) is 0 Å². The van der Waals surface area contributed by atoms with Crippen LogP contribution in [0.1, 0.15) is 32.4 Å². The first-order valence-electron chi connectivity index (χ1n) is 6.72. The highest BCUT2D eigenvalue weighted by Gasteiger charge is 2.38. The fraction of sp³-hybridized carbons (Fsp3) is 0.615. The SMILES string of the molecule is CCc1cc(NC(=O)CCNC(=O)C2CC2C)n[nH]1. The van der Waals surface area contributed by atoms with Gasteiger partial charge in [0.2, 0.25) is 11.8 Å². The topological polar surface area (TPSA) is 86.9 Å². The Morgan fingerprint density at radius 1 is 1.53 bits per heavy atom. The van der Waals surface area contributed by atoms with Crippen molar-refractivity contribution in [2.75, 3.05) is 11.9 Å². The summed E-state index contributed by atoms with van der Waals surface area (Å²) in [5.74, 6) is 1.10. The number of carbonyl (C=O) groups excluding carboxylic acids is 2. The van der Waals surface area contributed by atoms with E-state index in [2.05, 4.69) is 27.8 Å². The molecule has 6 nitrogen and oxygen atoms in total. The maximum Gasteiger partial charge on any atom is 0.227 e. The Kier molecular flexibility index (Phi) is 4.19. The van der Waals surface area contributed by atoms with E-state index in [9.17, 15) is 9.59 Å². The molecular weight excluding hydrogens is 244 g/mol. The maximum atomic E-state index is 11.6. The standard InChI is InChI=1S/C13H20N4O2/c1-3-9-7-11(17-16-9)15-12(18)4-5-14-13(19)10-6-8(10)2/h7-8,10H,3-6H2,1-2H3,(H,14,19)(H2,15,16,17,18). The quantitative estimate of drug-likeness (QED) is 0.718. The lowest BCUT2D eigenvalue weighted by molar-refractivity contribution is -0.122. The summed E-state index contributed by atoms with van der Waals surface area (Å²) in [5, 5.41) is 12.3. The molecule has 1 aromatic rings. The predicted octanol–water partition coefficient (Wildman–Crippen LogP) is 1.07. The van der Waals surface area contributed by atoms with Gasteiger partial charge >= 0.3 is 0 Å². The third-order valence-electron chi connectivity index (χ3n) is 3.38. The second-order valence-electron chi connectivity index (χ2n) is 5.04. The Morgan fingerprint density at radius 2 is 2.26 bits per heavy atom. The Morgan fingerprint density at radius 3 is 2.84 bits per heavy atom. The summed E-state index contributed by atoms with van der Waals surface area (Å²) in [6.07, 6.45) is 2.07. The van der Waals surface area contributed by atoms with Crippen molar-refractivity contribution in [3.05, 3.63) is 11.8 Å². The zero-order chi connectivity index (χ0) is 13.8. The van der Waals surface area contributed by atoms with E-state index in [-0.39, 0.29) is 24.2 Å². The Balaban J connectivity index is 1.65. The van der Waals surface area contributed by atoms with Crippen molar-refractivity contribution in [1.29, 1.82) is 0 Å². The van der Waals surface area contributed by atoms with Gasteiger partial charge in [0.05, 0.1) is 0 Å². The average molecular weight is 264 g/mol. The van der Waals surface area contributed by atoms with Crippen molar-refractivity contribution >= 4 is 17.6 Å². The lowest BCUT2D eigenvalue weighted by Gasteiger charge is -2.04. The molecule has 104 valence electrons. The summed E-state index contributed by atoms with van der Waals surface area (Å²) in [6, 6.07) is 1.81. The van der Waals surface area contributed by atoms with Crippen LogP contribution in [-0.2, 0) is 16.0 Å². The van der Waals surface area contributed by atoms with Crippen LogP contribution in [0.4, 0.5) is 5.82 Å². The number of nitrogens with one attached hydrogen (secondary N) is 3. The second-order valence-corrected chi connectivity index (χ2v) is 5.04. The zero-order valence-corrected chi connectivity index (χ0v) is 11.3. The summed E-state index contributed by atoms with van der Waals surface area (Å²) in [6.45, 7) is 4.44. The van der Waals surface area contributed by atoms with Gasteiger partial charge in [-0.25, -0.2) is 0 Å². The van der Waals surface area contributed by atoms with E-state index in [1.807, 2.05) is 13.0 Å². The van der Waals surface area contributed by atoms with E-state index in [0.29, 0.717) is 18.3 Å². The number of hydrogen-bond donors (Lipinski definition) is 3. The number of anilines is 1. The number of carbonyl (C=O) groups is 2. The largest absolute Gasteiger partial charge is 0.355 e. The molecule has 1 aliphatic rings. The third-order valence-corrected chi connectivity index (χ3v) is 3.38. The van der Waals surface area contributed by atoms with Gasteiger partial charge in [0.15, 0.2) is 5.82 Å². The Labute approximate surface area is 112 Å². The second kappa shape index (κ2) is 5.86. The lowest BCUT2D eigenvalue weighted by atomic mass is 10.3. The van der Waals surface area contributed by atoms with Crippen LogP contribution in [0.2, 0.25) is 0 Å². The molecule has 1 saturated carbocycles. The fourth-order valence-electron chi connectivity index (χ4n) is 1.93. The summed E-state index contributed by atoms with van der Waals surface area (Å²) < 4.78 is 0. The molecule has 0 spiro atoms. The lowest BCUT2D eigenvalue weighted by Crippen LogP contribution is -2.29. The number of aromatic nitrogens is 2. The van der Waals surface area contributed by atoms with Crippen molar-refractivity contribution in [3.8, 4) is 0 Å². The number of amides is 2. The molecule has 2 unspecified atom stereocenters. The molecule has 0 bridgehead atoms. The van der Waals surface area contributed by atoms with Crippen LogP contribution in [0.3, 0.4) is 0 Å². The monoisotopic (exact) mass is 264 g/mol. The highest BCUT2D eigenvalue weighted by Crippen LogP contribution is 2.37. The minimum absolute atomic E-state index is 0.0633. The number of aryl methyl sites for hydroxylation is 1. The molecule has 1 aliphatic carbocycles. The highest BCUT2D eigenvalue weighted by molar-refractivity contribution is 5.90. The molecule has 1 fully saturated rings. The van der Waals surface area contributed by atoms with E-state index < -0.39 is 0 Å². The van der Waals surface area contributed by atoms with Crippen LogP contribution in [-0.4, -0.2) is 28.6 Å². The number of nitrogens with zero attached hydrogens (tertiary/aromatic N) is 1. The van der Waals surface area contributed by atoms with Crippen LogP contribution >= 0.6 is 0 Å². The highest BCUT2D eigenvalue weighted by atomic mass is 16.2. The van der Waals surface area contributed by atoms with Crippen molar-refractivity contribution in [2.24, 2.45) is 11.8 Å². The molecule has 0 aliphatic heterocycles. The summed E-state index contributed by atoms with van der Waals surface area (Å²) in [5.41, 5.74) is 0.978. The number of rotatable bonds is 6. The third kappa shape index (κ3) is 3.81. The molecule has 2 amide bonds. The van der Waals surface area contributed by atoms with E-state index in [1.165, 1.54) is 0 Å². The van der Waals surface area contributed by atoms with Crippen molar-refractivity contribution in [1.82, 2.24) is 15.5 Å². The van der Waals surface area contributed by atoms with Gasteiger partial charge in [-0.15, -0.1) is 0 Å². The number of aromatic amines is 1. The van der Waals surface area contributed by atoms with Gasteiger partial charge in [0.25, 0.3) is 0 Å². The fourth-order valence-corrected chi connectivity index (χ4v) is 1.93. The van der Waals surface area contributed by atoms with Crippen LogP contribution in [0.15, 0.2) is 6.07 Å². The first-order chi connectivity index (χ1) is 9.10. The van der Waals surface area contributed by atoms with Gasteiger partial charge in [0.1, 0.15) is 0 Å². The molecule has 0 radical (unpaired) electrons. The van der Waals surface area contributed by atoms with Gasteiger partial charge in [0, 0.05) is 30.6 Å². The predicted molar refractivity (Wildman–Crippen MR) is 71.5 cm³/mol. The molecule has 3 N–H and O–H groups in total. The van der Waals surface area contributed by atoms with Crippen LogP contribution in [0.25, 0.3) is 0 Å². The van der Waals surface area contributed by atoms with Gasteiger partial charge in [-0.2, -0.15) is 5.10 Å². The van der Waals surface area contributed by atoms with Gasteiger partial charge in [-0.05, 0) is 18.8 Å². The van der Waals surface area contributed by atoms with Gasteiger partial charge in [-0.1, -0.05) is 13.8 Å². The minimum Gasteiger partial charge on any atom is -0.355 e. The normalized spacial score (nSPS) is 20.9. The Bertz CT molecular complexity index is 469. The van der Waals surface area contributed by atoms with Crippen LogP contribution < -0.4 is 10.6 Å². The molecule has 0 aromatic carbocycles. The summed E-state index contributed by atoms with van der Waals surface area (Å²) >= 11 is 0. The molecule has 2 atom stereocenters. The average Bonchev–Trinajstić information content (AvgIpc) is 2.94. The molecular formula is C13H20N4O2. The Hall–Kier alpha value is -1.85. The molecule has 1 aromatic heterocycles. The summed E-state index contributed by atoms with van der Waals surface area (Å²) in [7, 11) is 0.